The zero-order chi connectivity index (χ0) is 13.5. The molecular weight excluding hydrogens is 276 g/mol. The van der Waals surface area contributed by atoms with E-state index in [1.807, 2.05) is 36.4 Å². The summed E-state index contributed by atoms with van der Waals surface area (Å²) in [5.41, 5.74) is 0.905. The maximum atomic E-state index is 12.1. The van der Waals surface area contributed by atoms with E-state index in [1.165, 1.54) is 0 Å². The molecule has 0 aliphatic carbocycles. The molecule has 1 unspecified atom stereocenters. The molecule has 5 heteroatoms. The first kappa shape index (κ1) is 13.7. The summed E-state index contributed by atoms with van der Waals surface area (Å²) in [5.74, 6) is 0. The number of aromatic nitrogens is 1. The maximum absolute atomic E-state index is 12.1. The summed E-state index contributed by atoms with van der Waals surface area (Å²) in [6, 6.07) is 9.45. The molecule has 19 heavy (non-hydrogen) atoms. The smallest absolute Gasteiger partial charge is 0.0772 e. The minimum atomic E-state index is -1.14. The van der Waals surface area contributed by atoms with Gasteiger partial charge in [-0.05, 0) is 42.9 Å². The number of isothiocyanates is 1. The Labute approximate surface area is 119 Å². The van der Waals surface area contributed by atoms with E-state index in [0.717, 1.165) is 15.8 Å². The monoisotopic (exact) mass is 288 g/mol. The third-order valence-corrected chi connectivity index (χ3v) is 3.79. The topological polar surface area (TPSA) is 42.3 Å². The van der Waals surface area contributed by atoms with Crippen molar-refractivity contribution in [3.8, 4) is 0 Å². The molecule has 0 aliphatic heterocycles. The van der Waals surface area contributed by atoms with Crippen LogP contribution in [0.5, 0.6) is 0 Å². The SMILES string of the molecule is O=S(/C=C/CCN=C=S)c1ccc2ncccc2c1. The summed E-state index contributed by atoms with van der Waals surface area (Å²) < 4.78 is 12.1. The van der Waals surface area contributed by atoms with E-state index in [9.17, 15) is 4.21 Å². The minimum absolute atomic E-state index is 0.582. The molecular formula is C14H12N2OS2. The Kier molecular flexibility index (Phi) is 5.10. The van der Waals surface area contributed by atoms with Gasteiger partial charge in [0.25, 0.3) is 0 Å². The van der Waals surface area contributed by atoms with Crippen molar-refractivity contribution in [1.29, 1.82) is 0 Å². The lowest BCUT2D eigenvalue weighted by molar-refractivity contribution is 0.688. The van der Waals surface area contributed by atoms with Crippen molar-refractivity contribution in [2.45, 2.75) is 11.3 Å². The van der Waals surface area contributed by atoms with Crippen molar-refractivity contribution in [3.05, 3.63) is 48.0 Å². The molecule has 1 aromatic heterocycles. The van der Waals surface area contributed by atoms with Gasteiger partial charge in [0.15, 0.2) is 0 Å². The van der Waals surface area contributed by atoms with Crippen LogP contribution < -0.4 is 0 Å². The molecule has 0 aliphatic rings. The van der Waals surface area contributed by atoms with Crippen LogP contribution in [0.2, 0.25) is 0 Å². The number of hydrogen-bond donors (Lipinski definition) is 0. The average Bonchev–Trinajstić information content (AvgIpc) is 2.46. The van der Waals surface area contributed by atoms with Crippen LogP contribution in [-0.2, 0) is 10.8 Å². The van der Waals surface area contributed by atoms with Crippen LogP contribution in [0.3, 0.4) is 0 Å². The lowest BCUT2D eigenvalue weighted by atomic mass is 10.2. The molecule has 0 fully saturated rings. The Balaban J connectivity index is 2.10. The molecule has 1 heterocycles. The molecule has 2 aromatic rings. The van der Waals surface area contributed by atoms with Crippen LogP contribution in [0.25, 0.3) is 10.9 Å². The van der Waals surface area contributed by atoms with E-state index >= 15 is 0 Å². The summed E-state index contributed by atoms with van der Waals surface area (Å²) >= 11 is 4.47. The summed E-state index contributed by atoms with van der Waals surface area (Å²) in [7, 11) is -1.14. The molecule has 0 amide bonds. The van der Waals surface area contributed by atoms with Crippen molar-refractivity contribution in [1.82, 2.24) is 4.98 Å². The van der Waals surface area contributed by atoms with E-state index in [4.69, 9.17) is 0 Å². The molecule has 1 aromatic carbocycles. The number of pyridine rings is 1. The van der Waals surface area contributed by atoms with Crippen LogP contribution in [0.15, 0.2) is 57.9 Å². The van der Waals surface area contributed by atoms with E-state index in [0.29, 0.717) is 13.0 Å². The second-order valence-electron chi connectivity index (χ2n) is 3.79. The van der Waals surface area contributed by atoms with E-state index in [-0.39, 0.29) is 0 Å². The Morgan fingerprint density at radius 2 is 2.32 bits per heavy atom. The normalized spacial score (nSPS) is 12.4. The standard InChI is InChI=1S/C14H12N2OS2/c17-19(9-2-1-7-15-11-18)13-5-6-14-12(10-13)4-3-8-16-14/h2-6,8-10H,1,7H2/b9-2+. The first-order chi connectivity index (χ1) is 9.31. The van der Waals surface area contributed by atoms with Crippen molar-refractivity contribution in [3.63, 3.8) is 0 Å². The van der Waals surface area contributed by atoms with Crippen LogP contribution in [0.4, 0.5) is 0 Å². The number of rotatable bonds is 5. The average molecular weight is 288 g/mol. The van der Waals surface area contributed by atoms with Gasteiger partial charge in [0, 0.05) is 21.9 Å². The summed E-state index contributed by atoms with van der Waals surface area (Å²) in [6.45, 7) is 0.582. The lowest BCUT2D eigenvalue weighted by Crippen LogP contribution is -1.88. The third kappa shape index (κ3) is 3.89. The Hall–Kier alpha value is -1.68. The van der Waals surface area contributed by atoms with E-state index in [2.05, 4.69) is 27.4 Å². The minimum Gasteiger partial charge on any atom is -0.256 e. The van der Waals surface area contributed by atoms with Gasteiger partial charge >= 0.3 is 0 Å². The summed E-state index contributed by atoms with van der Waals surface area (Å²) in [6.07, 6.45) is 4.31. The predicted molar refractivity (Wildman–Crippen MR) is 81.8 cm³/mol. The number of aliphatic imine (C=N–C) groups is 1. The largest absolute Gasteiger partial charge is 0.256 e. The molecule has 0 N–H and O–H groups in total. The quantitative estimate of drug-likeness (QED) is 0.481. The highest BCUT2D eigenvalue weighted by Crippen LogP contribution is 2.16. The van der Waals surface area contributed by atoms with Crippen LogP contribution in [0, 0.1) is 0 Å². The van der Waals surface area contributed by atoms with Gasteiger partial charge in [-0.3, -0.25) is 4.98 Å². The molecule has 0 saturated heterocycles. The van der Waals surface area contributed by atoms with Gasteiger partial charge in [-0.15, -0.1) is 0 Å². The highest BCUT2D eigenvalue weighted by atomic mass is 32.2. The second-order valence-corrected chi connectivity index (χ2v) is 5.31. The van der Waals surface area contributed by atoms with E-state index in [1.54, 1.807) is 11.6 Å². The highest BCUT2D eigenvalue weighted by molar-refractivity contribution is 7.88. The fourth-order valence-electron chi connectivity index (χ4n) is 1.60. The van der Waals surface area contributed by atoms with Crippen molar-refractivity contribution < 1.29 is 4.21 Å². The van der Waals surface area contributed by atoms with Crippen molar-refractivity contribution in [2.75, 3.05) is 6.54 Å². The number of nitrogens with zero attached hydrogens (tertiary/aromatic N) is 2. The van der Waals surface area contributed by atoms with Gasteiger partial charge in [-0.1, -0.05) is 12.1 Å². The molecule has 0 radical (unpaired) electrons. The molecule has 3 nitrogen and oxygen atoms in total. The first-order valence-electron chi connectivity index (χ1n) is 5.77. The number of thiocarbonyl (C=S) groups is 1. The molecule has 96 valence electrons. The molecule has 0 saturated carbocycles. The van der Waals surface area contributed by atoms with Crippen LogP contribution >= 0.6 is 12.2 Å². The zero-order valence-corrected chi connectivity index (χ0v) is 11.8. The zero-order valence-electron chi connectivity index (χ0n) is 10.2. The van der Waals surface area contributed by atoms with E-state index < -0.39 is 10.8 Å². The summed E-state index contributed by atoms with van der Waals surface area (Å²) in [4.78, 5) is 8.79. The van der Waals surface area contributed by atoms with Gasteiger partial charge in [0.2, 0.25) is 0 Å². The van der Waals surface area contributed by atoms with Gasteiger partial charge < -0.3 is 0 Å². The molecule has 2 rings (SSSR count). The Bertz CT molecular complexity index is 676. The number of benzene rings is 1. The lowest BCUT2D eigenvalue weighted by Gasteiger charge is -2.00. The van der Waals surface area contributed by atoms with Gasteiger partial charge in [0.05, 0.1) is 28.0 Å². The van der Waals surface area contributed by atoms with Crippen molar-refractivity contribution >= 4 is 39.1 Å². The molecule has 0 spiro atoms. The van der Waals surface area contributed by atoms with Gasteiger partial charge in [-0.2, -0.15) is 0 Å². The molecule has 0 bridgehead atoms. The maximum Gasteiger partial charge on any atom is 0.0772 e. The van der Waals surface area contributed by atoms with Crippen LogP contribution in [0.1, 0.15) is 6.42 Å². The van der Waals surface area contributed by atoms with Crippen molar-refractivity contribution in [2.24, 2.45) is 4.99 Å². The number of fused-ring (bicyclic) bond motifs is 1. The van der Waals surface area contributed by atoms with Gasteiger partial charge in [0.1, 0.15) is 0 Å². The Morgan fingerprint density at radius 3 is 3.16 bits per heavy atom. The first-order valence-corrected chi connectivity index (χ1v) is 7.39. The third-order valence-electron chi connectivity index (χ3n) is 2.50. The fraction of sp³-hybridized carbons (Fsp3) is 0.143. The number of hydrogen-bond acceptors (Lipinski definition) is 4. The second kappa shape index (κ2) is 7.04. The van der Waals surface area contributed by atoms with Gasteiger partial charge in [-0.25, -0.2) is 9.20 Å². The fourth-order valence-corrected chi connectivity index (χ4v) is 2.60. The molecule has 1 atom stereocenters. The predicted octanol–water partition coefficient (Wildman–Crippen LogP) is 3.35. The Morgan fingerprint density at radius 1 is 1.42 bits per heavy atom. The highest BCUT2D eigenvalue weighted by Gasteiger charge is 2.01. The summed E-state index contributed by atoms with van der Waals surface area (Å²) in [5, 5.41) is 4.97. The van der Waals surface area contributed by atoms with Crippen LogP contribution in [-0.4, -0.2) is 20.9 Å².